The smallest absolute Gasteiger partial charge is 0.172 e. The highest BCUT2D eigenvalue weighted by Gasteiger charge is 2.11. The highest BCUT2D eigenvalue weighted by atomic mass is 15.3. The molecule has 0 aromatic carbocycles. The minimum absolute atomic E-state index is 0.407. The number of hydrogen-bond acceptors (Lipinski definition) is 4. The molecule has 2 rings (SSSR count). The highest BCUT2D eigenvalue weighted by molar-refractivity contribution is 5.31. The topological polar surface area (TPSA) is 69.6 Å². The molecule has 2 aromatic heterocycles. The standard InChI is InChI=1S/C12H17N5/c1-4-11-8(2)16-17(9(11)3)12-7-14-10(5-13)6-15-12/h6-7H,4-5,13H2,1-3H3. The van der Waals surface area contributed by atoms with Gasteiger partial charge in [0, 0.05) is 12.2 Å². The van der Waals surface area contributed by atoms with Crippen molar-refractivity contribution in [2.24, 2.45) is 5.73 Å². The Balaban J connectivity index is 2.45. The van der Waals surface area contributed by atoms with Crippen LogP contribution in [0, 0.1) is 13.8 Å². The van der Waals surface area contributed by atoms with E-state index in [1.165, 1.54) is 5.56 Å². The van der Waals surface area contributed by atoms with Gasteiger partial charge in [0.05, 0.1) is 23.8 Å². The second-order valence-electron chi connectivity index (χ2n) is 3.98. The van der Waals surface area contributed by atoms with Crippen molar-refractivity contribution in [3.05, 3.63) is 35.0 Å². The van der Waals surface area contributed by atoms with Crippen LogP contribution >= 0.6 is 0 Å². The molecular formula is C12H17N5. The number of hydrogen-bond donors (Lipinski definition) is 1. The van der Waals surface area contributed by atoms with Crippen LogP contribution in [-0.2, 0) is 13.0 Å². The number of rotatable bonds is 3. The molecule has 2 heterocycles. The van der Waals surface area contributed by atoms with Gasteiger partial charge in [0.15, 0.2) is 5.82 Å². The lowest BCUT2D eigenvalue weighted by molar-refractivity contribution is 0.790. The molecule has 2 aromatic rings. The first-order chi connectivity index (χ1) is 8.17. The Morgan fingerprint density at radius 2 is 2.00 bits per heavy atom. The van der Waals surface area contributed by atoms with Gasteiger partial charge in [-0.2, -0.15) is 5.10 Å². The van der Waals surface area contributed by atoms with Crippen LogP contribution in [0.2, 0.25) is 0 Å². The van der Waals surface area contributed by atoms with Gasteiger partial charge in [-0.3, -0.25) is 4.98 Å². The zero-order valence-corrected chi connectivity index (χ0v) is 10.4. The molecule has 5 heteroatoms. The fraction of sp³-hybridized carbons (Fsp3) is 0.417. The summed E-state index contributed by atoms with van der Waals surface area (Å²) in [5.41, 5.74) is 9.72. The largest absolute Gasteiger partial charge is 0.325 e. The summed E-state index contributed by atoms with van der Waals surface area (Å²) in [5.74, 6) is 0.738. The van der Waals surface area contributed by atoms with Gasteiger partial charge in [0.1, 0.15) is 0 Å². The lowest BCUT2D eigenvalue weighted by atomic mass is 10.1. The lowest BCUT2D eigenvalue weighted by Gasteiger charge is -2.04. The van der Waals surface area contributed by atoms with E-state index in [0.29, 0.717) is 6.54 Å². The van der Waals surface area contributed by atoms with Gasteiger partial charge >= 0.3 is 0 Å². The molecule has 0 aliphatic carbocycles. The van der Waals surface area contributed by atoms with Crippen LogP contribution in [0.4, 0.5) is 0 Å². The van der Waals surface area contributed by atoms with Crippen LogP contribution in [0.5, 0.6) is 0 Å². The number of aromatic nitrogens is 4. The summed E-state index contributed by atoms with van der Waals surface area (Å²) in [6, 6.07) is 0. The zero-order valence-electron chi connectivity index (χ0n) is 10.4. The Morgan fingerprint density at radius 3 is 2.47 bits per heavy atom. The Labute approximate surface area is 101 Å². The van der Waals surface area contributed by atoms with Gasteiger partial charge in [-0.1, -0.05) is 6.92 Å². The Bertz CT molecular complexity index is 512. The van der Waals surface area contributed by atoms with Crippen molar-refractivity contribution in [1.82, 2.24) is 19.7 Å². The first-order valence-electron chi connectivity index (χ1n) is 5.73. The summed E-state index contributed by atoms with van der Waals surface area (Å²) < 4.78 is 1.83. The van der Waals surface area contributed by atoms with E-state index >= 15 is 0 Å². The summed E-state index contributed by atoms with van der Waals surface area (Å²) >= 11 is 0. The Kier molecular flexibility index (Phi) is 3.19. The minimum Gasteiger partial charge on any atom is -0.325 e. The molecule has 0 bridgehead atoms. The maximum absolute atomic E-state index is 5.49. The summed E-state index contributed by atoms with van der Waals surface area (Å²) in [6.45, 7) is 6.61. The number of nitrogens with two attached hydrogens (primary N) is 1. The SMILES string of the molecule is CCc1c(C)nn(-c2cnc(CN)cn2)c1C. The molecule has 0 saturated carbocycles. The lowest BCUT2D eigenvalue weighted by Crippen LogP contribution is -2.06. The van der Waals surface area contributed by atoms with E-state index in [9.17, 15) is 0 Å². The molecule has 0 unspecified atom stereocenters. The van der Waals surface area contributed by atoms with Gasteiger partial charge in [-0.15, -0.1) is 0 Å². The predicted octanol–water partition coefficient (Wildman–Crippen LogP) is 1.30. The molecule has 5 nitrogen and oxygen atoms in total. The van der Waals surface area contributed by atoms with E-state index in [0.717, 1.165) is 29.3 Å². The molecule has 0 aliphatic rings. The fourth-order valence-electron chi connectivity index (χ4n) is 1.97. The van der Waals surface area contributed by atoms with E-state index in [4.69, 9.17) is 5.73 Å². The summed E-state index contributed by atoms with van der Waals surface area (Å²) in [4.78, 5) is 8.56. The van der Waals surface area contributed by atoms with Crippen LogP contribution in [0.1, 0.15) is 29.6 Å². The third-order valence-corrected chi connectivity index (χ3v) is 2.91. The summed E-state index contributed by atoms with van der Waals surface area (Å²) in [6.07, 6.45) is 4.38. The van der Waals surface area contributed by atoms with Gasteiger partial charge < -0.3 is 5.73 Å². The maximum Gasteiger partial charge on any atom is 0.172 e. The minimum atomic E-state index is 0.407. The van der Waals surface area contributed by atoms with E-state index in [1.54, 1.807) is 12.4 Å². The Morgan fingerprint density at radius 1 is 1.24 bits per heavy atom. The molecule has 0 aliphatic heterocycles. The monoisotopic (exact) mass is 231 g/mol. The fourth-order valence-corrected chi connectivity index (χ4v) is 1.97. The van der Waals surface area contributed by atoms with Crippen molar-refractivity contribution in [3.63, 3.8) is 0 Å². The molecule has 0 amide bonds. The number of aryl methyl sites for hydroxylation is 1. The highest BCUT2D eigenvalue weighted by Crippen LogP contribution is 2.16. The molecule has 0 spiro atoms. The Hall–Kier alpha value is -1.75. The van der Waals surface area contributed by atoms with Gasteiger partial charge in [-0.05, 0) is 25.8 Å². The van der Waals surface area contributed by atoms with Crippen molar-refractivity contribution in [2.45, 2.75) is 33.7 Å². The van der Waals surface area contributed by atoms with Crippen molar-refractivity contribution < 1.29 is 0 Å². The van der Waals surface area contributed by atoms with E-state index in [-0.39, 0.29) is 0 Å². The van der Waals surface area contributed by atoms with Gasteiger partial charge in [0.25, 0.3) is 0 Å². The number of nitrogens with zero attached hydrogens (tertiary/aromatic N) is 4. The van der Waals surface area contributed by atoms with E-state index < -0.39 is 0 Å². The summed E-state index contributed by atoms with van der Waals surface area (Å²) in [7, 11) is 0. The van der Waals surface area contributed by atoms with E-state index in [1.807, 2.05) is 11.6 Å². The van der Waals surface area contributed by atoms with Crippen molar-refractivity contribution in [2.75, 3.05) is 0 Å². The van der Waals surface area contributed by atoms with Gasteiger partial charge in [-0.25, -0.2) is 9.67 Å². The third-order valence-electron chi connectivity index (χ3n) is 2.91. The maximum atomic E-state index is 5.49. The molecule has 2 N–H and O–H groups in total. The first-order valence-corrected chi connectivity index (χ1v) is 5.73. The quantitative estimate of drug-likeness (QED) is 0.864. The molecular weight excluding hydrogens is 214 g/mol. The van der Waals surface area contributed by atoms with Crippen LogP contribution in [0.25, 0.3) is 5.82 Å². The first kappa shape index (κ1) is 11.7. The third kappa shape index (κ3) is 2.06. The molecule has 0 saturated heterocycles. The van der Waals surface area contributed by atoms with Crippen molar-refractivity contribution >= 4 is 0 Å². The summed E-state index contributed by atoms with van der Waals surface area (Å²) in [5, 5.41) is 4.49. The molecule has 90 valence electrons. The van der Waals surface area contributed by atoms with Crippen LogP contribution in [0.15, 0.2) is 12.4 Å². The zero-order chi connectivity index (χ0) is 12.4. The second kappa shape index (κ2) is 4.63. The molecule has 0 fully saturated rings. The van der Waals surface area contributed by atoms with Crippen molar-refractivity contribution in [1.29, 1.82) is 0 Å². The average Bonchev–Trinajstić information content (AvgIpc) is 2.64. The van der Waals surface area contributed by atoms with Crippen LogP contribution < -0.4 is 5.73 Å². The molecule has 17 heavy (non-hydrogen) atoms. The molecule has 0 atom stereocenters. The van der Waals surface area contributed by atoms with E-state index in [2.05, 4.69) is 28.9 Å². The van der Waals surface area contributed by atoms with Crippen LogP contribution in [-0.4, -0.2) is 19.7 Å². The van der Waals surface area contributed by atoms with Crippen LogP contribution in [0.3, 0.4) is 0 Å². The van der Waals surface area contributed by atoms with Gasteiger partial charge in [0.2, 0.25) is 0 Å². The van der Waals surface area contributed by atoms with Crippen molar-refractivity contribution in [3.8, 4) is 5.82 Å². The second-order valence-corrected chi connectivity index (χ2v) is 3.98. The predicted molar refractivity (Wildman–Crippen MR) is 65.9 cm³/mol. The average molecular weight is 231 g/mol. The normalized spacial score (nSPS) is 10.8. The molecule has 0 radical (unpaired) electrons.